The molecule has 0 radical (unpaired) electrons. The number of aliphatic carboxylic acids is 1. The summed E-state index contributed by atoms with van der Waals surface area (Å²) in [6.07, 6.45) is 0. The third kappa shape index (κ3) is 2.16. The fourth-order valence-corrected chi connectivity index (χ4v) is 2.68. The molecule has 0 unspecified atom stereocenters. The molecule has 18 heavy (non-hydrogen) atoms. The Morgan fingerprint density at radius 2 is 2.44 bits per heavy atom. The molecule has 6 heteroatoms. The van der Waals surface area contributed by atoms with Gasteiger partial charge in [0.2, 0.25) is 0 Å². The van der Waals surface area contributed by atoms with Crippen LogP contribution in [-0.4, -0.2) is 34.2 Å². The Balaban J connectivity index is 1.60. The first-order chi connectivity index (χ1) is 8.72. The van der Waals surface area contributed by atoms with Crippen LogP contribution in [0.1, 0.15) is 5.69 Å². The Morgan fingerprint density at radius 3 is 3.11 bits per heavy atom. The number of thiophene rings is 1. The maximum atomic E-state index is 10.7. The molecule has 1 fully saturated rings. The predicted molar refractivity (Wildman–Crippen MR) is 66.2 cm³/mol. The van der Waals surface area contributed by atoms with Crippen LogP contribution in [0.2, 0.25) is 0 Å². The van der Waals surface area contributed by atoms with Crippen molar-refractivity contribution in [3.63, 3.8) is 0 Å². The maximum absolute atomic E-state index is 10.7. The molecule has 0 aliphatic carbocycles. The molecule has 1 aliphatic heterocycles. The van der Waals surface area contributed by atoms with Gasteiger partial charge in [-0.1, -0.05) is 11.2 Å². The van der Waals surface area contributed by atoms with E-state index >= 15 is 0 Å². The number of aromatic nitrogens is 1. The van der Waals surface area contributed by atoms with E-state index in [-0.39, 0.29) is 5.92 Å². The first-order valence-electron chi connectivity index (χ1n) is 5.67. The maximum Gasteiger partial charge on any atom is 0.309 e. The normalized spacial score (nSPS) is 16.7. The third-order valence-corrected chi connectivity index (χ3v) is 3.90. The minimum Gasteiger partial charge on any atom is -0.481 e. The molecule has 1 aliphatic rings. The molecule has 2 aromatic rings. The summed E-state index contributed by atoms with van der Waals surface area (Å²) in [6.45, 7) is 1.84. The molecule has 0 bridgehead atoms. The zero-order valence-corrected chi connectivity index (χ0v) is 10.4. The van der Waals surface area contributed by atoms with Crippen LogP contribution in [0.4, 0.5) is 0 Å². The molecule has 5 nitrogen and oxygen atoms in total. The van der Waals surface area contributed by atoms with E-state index < -0.39 is 5.97 Å². The first-order valence-corrected chi connectivity index (χ1v) is 6.55. The molecule has 2 aromatic heterocycles. The number of nitrogens with zero attached hydrogens (tertiary/aromatic N) is 2. The summed E-state index contributed by atoms with van der Waals surface area (Å²) in [5.74, 6) is -0.172. The average Bonchev–Trinajstić information content (AvgIpc) is 2.92. The summed E-state index contributed by atoms with van der Waals surface area (Å²) in [6, 6.07) is 5.87. The number of hydrogen-bond donors (Lipinski definition) is 1. The highest BCUT2D eigenvalue weighted by Crippen LogP contribution is 2.26. The molecule has 94 valence electrons. The van der Waals surface area contributed by atoms with E-state index in [9.17, 15) is 4.79 Å². The Morgan fingerprint density at radius 1 is 1.61 bits per heavy atom. The first kappa shape index (κ1) is 11.4. The summed E-state index contributed by atoms with van der Waals surface area (Å²) < 4.78 is 5.27. The Hall–Kier alpha value is -1.66. The van der Waals surface area contributed by atoms with Crippen molar-refractivity contribution in [1.29, 1.82) is 0 Å². The van der Waals surface area contributed by atoms with Gasteiger partial charge in [-0.2, -0.15) is 0 Å². The third-order valence-electron chi connectivity index (χ3n) is 3.01. The van der Waals surface area contributed by atoms with Crippen LogP contribution in [0.15, 0.2) is 28.1 Å². The molecule has 0 saturated carbocycles. The standard InChI is InChI=1S/C12H12N2O3S/c15-12(16)8-5-14(6-8)7-9-4-10(17-13-9)11-2-1-3-18-11/h1-4,8H,5-7H2,(H,15,16). The number of rotatable bonds is 4. The van der Waals surface area contributed by atoms with Gasteiger partial charge in [-0.05, 0) is 11.4 Å². The van der Waals surface area contributed by atoms with Gasteiger partial charge in [-0.25, -0.2) is 0 Å². The van der Waals surface area contributed by atoms with Crippen LogP contribution in [0.5, 0.6) is 0 Å². The summed E-state index contributed by atoms with van der Waals surface area (Å²) >= 11 is 1.61. The van der Waals surface area contributed by atoms with Crippen molar-refractivity contribution in [3.8, 4) is 10.6 Å². The van der Waals surface area contributed by atoms with Crippen LogP contribution in [0, 0.1) is 5.92 Å². The highest BCUT2D eigenvalue weighted by atomic mass is 32.1. The second-order valence-electron chi connectivity index (χ2n) is 4.39. The second kappa shape index (κ2) is 4.55. The van der Waals surface area contributed by atoms with Crippen LogP contribution in [-0.2, 0) is 11.3 Å². The number of likely N-dealkylation sites (tertiary alicyclic amines) is 1. The zero-order chi connectivity index (χ0) is 12.5. The average molecular weight is 264 g/mol. The van der Waals surface area contributed by atoms with Crippen molar-refractivity contribution in [2.45, 2.75) is 6.54 Å². The van der Waals surface area contributed by atoms with Crippen LogP contribution in [0.3, 0.4) is 0 Å². The van der Waals surface area contributed by atoms with E-state index in [1.807, 2.05) is 23.6 Å². The highest BCUT2D eigenvalue weighted by Gasteiger charge is 2.32. The van der Waals surface area contributed by atoms with Crippen molar-refractivity contribution in [3.05, 3.63) is 29.3 Å². The molecule has 0 aromatic carbocycles. The van der Waals surface area contributed by atoms with E-state index in [4.69, 9.17) is 9.63 Å². The fourth-order valence-electron chi connectivity index (χ4n) is 2.01. The fraction of sp³-hybridized carbons (Fsp3) is 0.333. The van der Waals surface area contributed by atoms with Gasteiger partial charge in [0.1, 0.15) is 0 Å². The summed E-state index contributed by atoms with van der Waals surface area (Å²) in [5.41, 5.74) is 0.849. The molecule has 0 amide bonds. The van der Waals surface area contributed by atoms with Crippen molar-refractivity contribution in [2.24, 2.45) is 5.92 Å². The smallest absolute Gasteiger partial charge is 0.309 e. The van der Waals surface area contributed by atoms with Gasteiger partial charge < -0.3 is 9.63 Å². The van der Waals surface area contributed by atoms with Gasteiger partial charge in [-0.15, -0.1) is 11.3 Å². The van der Waals surface area contributed by atoms with Crippen LogP contribution >= 0.6 is 11.3 Å². The molecule has 0 atom stereocenters. The largest absolute Gasteiger partial charge is 0.481 e. The van der Waals surface area contributed by atoms with Gasteiger partial charge >= 0.3 is 5.97 Å². The van der Waals surface area contributed by atoms with Gasteiger partial charge in [0.15, 0.2) is 5.76 Å². The molecule has 3 heterocycles. The van der Waals surface area contributed by atoms with Crippen molar-refractivity contribution in [1.82, 2.24) is 10.1 Å². The quantitative estimate of drug-likeness (QED) is 0.913. The molecule has 1 saturated heterocycles. The Bertz CT molecular complexity index is 543. The van der Waals surface area contributed by atoms with E-state index in [0.29, 0.717) is 19.6 Å². The lowest BCUT2D eigenvalue weighted by Gasteiger charge is -2.35. The number of carbonyl (C=O) groups is 1. The molecule has 3 rings (SSSR count). The van der Waals surface area contributed by atoms with Crippen molar-refractivity contribution in [2.75, 3.05) is 13.1 Å². The summed E-state index contributed by atoms with van der Waals surface area (Å²) in [7, 11) is 0. The van der Waals surface area contributed by atoms with Crippen molar-refractivity contribution < 1.29 is 14.4 Å². The highest BCUT2D eigenvalue weighted by molar-refractivity contribution is 7.13. The van der Waals surface area contributed by atoms with Gasteiger partial charge in [0.05, 0.1) is 16.5 Å². The zero-order valence-electron chi connectivity index (χ0n) is 9.57. The summed E-state index contributed by atoms with van der Waals surface area (Å²) in [4.78, 5) is 13.8. The molecule has 1 N–H and O–H groups in total. The molecule has 0 spiro atoms. The SMILES string of the molecule is O=C(O)C1CN(Cc2cc(-c3cccs3)on2)C1. The van der Waals surface area contributed by atoms with E-state index in [1.165, 1.54) is 0 Å². The lowest BCUT2D eigenvalue weighted by molar-refractivity contribution is -0.147. The topological polar surface area (TPSA) is 66.6 Å². The molecular formula is C12H12N2O3S. The Labute approximate surface area is 108 Å². The predicted octanol–water partition coefficient (Wildman–Crippen LogP) is 1.92. The lowest BCUT2D eigenvalue weighted by atomic mass is 10.0. The minimum atomic E-state index is -0.717. The Kier molecular flexibility index (Phi) is 2.89. The van der Waals surface area contributed by atoms with E-state index in [1.54, 1.807) is 11.3 Å². The van der Waals surface area contributed by atoms with Crippen molar-refractivity contribution >= 4 is 17.3 Å². The summed E-state index contributed by atoms with van der Waals surface area (Å²) in [5, 5.41) is 14.8. The van der Waals surface area contributed by atoms with Crippen LogP contribution < -0.4 is 0 Å². The van der Waals surface area contributed by atoms with Gasteiger partial charge in [-0.3, -0.25) is 9.69 Å². The number of carboxylic acid groups (broad SMARTS) is 1. The van der Waals surface area contributed by atoms with E-state index in [2.05, 4.69) is 10.1 Å². The van der Waals surface area contributed by atoms with Crippen LogP contribution in [0.25, 0.3) is 10.6 Å². The van der Waals surface area contributed by atoms with Gasteiger partial charge in [0.25, 0.3) is 0 Å². The second-order valence-corrected chi connectivity index (χ2v) is 5.34. The van der Waals surface area contributed by atoms with E-state index in [0.717, 1.165) is 16.3 Å². The number of carboxylic acids is 1. The molecular weight excluding hydrogens is 252 g/mol. The monoisotopic (exact) mass is 264 g/mol. The van der Waals surface area contributed by atoms with Gasteiger partial charge in [0, 0.05) is 25.7 Å². The number of hydrogen-bond acceptors (Lipinski definition) is 5. The minimum absolute atomic E-state index is 0.228. The lowest BCUT2D eigenvalue weighted by Crippen LogP contribution is -2.49.